The summed E-state index contributed by atoms with van der Waals surface area (Å²) >= 11 is 3.28. The number of halogens is 4. The van der Waals surface area contributed by atoms with Crippen LogP contribution in [0.3, 0.4) is 0 Å². The standard InChI is InChI=1S/C11H10BrF3N2/c1-7-9(12)3-2-4-10(7)17-6-8(5-16)11(13,14)15/h2-4,8,17H,6H2,1H3. The number of nitrogens with zero attached hydrogens (tertiary/aromatic N) is 1. The Hall–Kier alpha value is -1.22. The molecule has 0 aliphatic heterocycles. The highest BCUT2D eigenvalue weighted by Crippen LogP contribution is 2.28. The fourth-order valence-corrected chi connectivity index (χ4v) is 1.61. The van der Waals surface area contributed by atoms with E-state index in [-0.39, 0.29) is 0 Å². The Morgan fingerprint density at radius 3 is 2.65 bits per heavy atom. The minimum Gasteiger partial charge on any atom is -0.383 e. The van der Waals surface area contributed by atoms with Gasteiger partial charge in [-0.15, -0.1) is 0 Å². The van der Waals surface area contributed by atoms with Gasteiger partial charge in [0.1, 0.15) is 0 Å². The number of benzene rings is 1. The van der Waals surface area contributed by atoms with Crippen molar-refractivity contribution in [2.45, 2.75) is 13.1 Å². The molecule has 2 nitrogen and oxygen atoms in total. The molecule has 0 bridgehead atoms. The summed E-state index contributed by atoms with van der Waals surface area (Å²) in [5.41, 5.74) is 1.40. The second kappa shape index (κ2) is 5.41. The molecule has 6 heteroatoms. The van der Waals surface area contributed by atoms with Crippen LogP contribution in [0.1, 0.15) is 5.56 Å². The van der Waals surface area contributed by atoms with Crippen LogP contribution in [0.15, 0.2) is 22.7 Å². The minimum atomic E-state index is -4.50. The lowest BCUT2D eigenvalue weighted by atomic mass is 10.1. The van der Waals surface area contributed by atoms with Gasteiger partial charge in [0.05, 0.1) is 6.07 Å². The number of nitrogens with one attached hydrogen (secondary N) is 1. The second-order valence-electron chi connectivity index (χ2n) is 3.52. The summed E-state index contributed by atoms with van der Waals surface area (Å²) in [7, 11) is 0. The zero-order valence-electron chi connectivity index (χ0n) is 8.98. The van der Waals surface area contributed by atoms with Crippen LogP contribution >= 0.6 is 15.9 Å². The van der Waals surface area contributed by atoms with E-state index < -0.39 is 18.6 Å². The molecule has 0 saturated carbocycles. The Bertz CT molecular complexity index is 437. The Kier molecular flexibility index (Phi) is 4.40. The van der Waals surface area contributed by atoms with Crippen LogP contribution < -0.4 is 5.32 Å². The first kappa shape index (κ1) is 13.8. The molecule has 0 spiro atoms. The van der Waals surface area contributed by atoms with Gasteiger partial charge in [-0.25, -0.2) is 0 Å². The molecule has 0 aliphatic rings. The molecule has 0 amide bonds. The van der Waals surface area contributed by atoms with E-state index in [1.807, 2.05) is 0 Å². The van der Waals surface area contributed by atoms with Crippen molar-refractivity contribution in [3.63, 3.8) is 0 Å². The molecule has 0 aromatic heterocycles. The fraction of sp³-hybridized carbons (Fsp3) is 0.364. The third-order valence-electron chi connectivity index (χ3n) is 2.32. The Morgan fingerprint density at radius 1 is 1.47 bits per heavy atom. The van der Waals surface area contributed by atoms with Crippen molar-refractivity contribution in [2.75, 3.05) is 11.9 Å². The maximum atomic E-state index is 12.3. The molecular weight excluding hydrogens is 297 g/mol. The summed E-state index contributed by atoms with van der Waals surface area (Å²) in [6, 6.07) is 6.43. The molecule has 0 heterocycles. The summed E-state index contributed by atoms with van der Waals surface area (Å²) in [5, 5.41) is 11.1. The van der Waals surface area contributed by atoms with Crippen LogP contribution in [0.25, 0.3) is 0 Å². The minimum absolute atomic E-state index is 0.447. The molecule has 0 aliphatic carbocycles. The molecule has 92 valence electrons. The summed E-state index contributed by atoms with van der Waals surface area (Å²) in [4.78, 5) is 0. The molecule has 0 radical (unpaired) electrons. The molecular formula is C11H10BrF3N2. The number of rotatable bonds is 3. The quantitative estimate of drug-likeness (QED) is 0.920. The summed E-state index contributed by atoms with van der Waals surface area (Å²) in [6.07, 6.45) is -4.50. The lowest BCUT2D eigenvalue weighted by molar-refractivity contribution is -0.155. The summed E-state index contributed by atoms with van der Waals surface area (Å²) in [6.45, 7) is 1.33. The first-order valence-corrected chi connectivity index (χ1v) is 5.61. The van der Waals surface area contributed by atoms with Gasteiger partial charge < -0.3 is 5.32 Å². The van der Waals surface area contributed by atoms with Gasteiger partial charge in [0.25, 0.3) is 0 Å². The number of nitriles is 1. The number of alkyl halides is 3. The first-order valence-electron chi connectivity index (χ1n) is 4.81. The van der Waals surface area contributed by atoms with Crippen molar-refractivity contribution in [1.29, 1.82) is 5.26 Å². The average molecular weight is 307 g/mol. The summed E-state index contributed by atoms with van der Waals surface area (Å²) in [5.74, 6) is -2.00. The highest BCUT2D eigenvalue weighted by molar-refractivity contribution is 9.10. The Labute approximate surface area is 106 Å². The maximum Gasteiger partial charge on any atom is 0.406 e. The van der Waals surface area contributed by atoms with Crippen molar-refractivity contribution in [1.82, 2.24) is 0 Å². The predicted octanol–water partition coefficient (Wildman–Crippen LogP) is 3.87. The van der Waals surface area contributed by atoms with Crippen LogP contribution in [0.2, 0.25) is 0 Å². The van der Waals surface area contributed by atoms with E-state index in [9.17, 15) is 13.2 Å². The SMILES string of the molecule is Cc1c(Br)cccc1NCC(C#N)C(F)(F)F. The lowest BCUT2D eigenvalue weighted by Crippen LogP contribution is -2.28. The van der Waals surface area contributed by atoms with Gasteiger partial charge in [-0.1, -0.05) is 22.0 Å². The molecule has 1 unspecified atom stereocenters. The van der Waals surface area contributed by atoms with Gasteiger partial charge >= 0.3 is 6.18 Å². The van der Waals surface area contributed by atoms with E-state index in [0.29, 0.717) is 5.69 Å². The van der Waals surface area contributed by atoms with Gasteiger partial charge in [-0.2, -0.15) is 18.4 Å². The largest absolute Gasteiger partial charge is 0.406 e. The van der Waals surface area contributed by atoms with Crippen LogP contribution in [0.4, 0.5) is 18.9 Å². The number of hydrogen-bond donors (Lipinski definition) is 1. The monoisotopic (exact) mass is 306 g/mol. The molecule has 1 aromatic carbocycles. The molecule has 17 heavy (non-hydrogen) atoms. The summed E-state index contributed by atoms with van der Waals surface area (Å²) < 4.78 is 37.8. The van der Waals surface area contributed by atoms with E-state index in [1.165, 1.54) is 6.07 Å². The molecule has 1 aromatic rings. The van der Waals surface area contributed by atoms with Gasteiger partial charge in [0, 0.05) is 16.7 Å². The Morgan fingerprint density at radius 2 is 2.12 bits per heavy atom. The van der Waals surface area contributed by atoms with E-state index in [4.69, 9.17) is 5.26 Å². The molecule has 1 atom stereocenters. The predicted molar refractivity (Wildman–Crippen MR) is 62.5 cm³/mol. The van der Waals surface area contributed by atoms with Crippen molar-refractivity contribution < 1.29 is 13.2 Å². The van der Waals surface area contributed by atoms with Gasteiger partial charge in [0.15, 0.2) is 5.92 Å². The van der Waals surface area contributed by atoms with Crippen LogP contribution in [0, 0.1) is 24.2 Å². The van der Waals surface area contributed by atoms with Crippen molar-refractivity contribution >= 4 is 21.6 Å². The third kappa shape index (κ3) is 3.63. The second-order valence-corrected chi connectivity index (χ2v) is 4.37. The zero-order chi connectivity index (χ0) is 13.1. The van der Waals surface area contributed by atoms with Crippen molar-refractivity contribution in [3.05, 3.63) is 28.2 Å². The fourth-order valence-electron chi connectivity index (χ4n) is 1.25. The van der Waals surface area contributed by atoms with E-state index in [0.717, 1.165) is 10.0 Å². The topological polar surface area (TPSA) is 35.8 Å². The van der Waals surface area contributed by atoms with Gasteiger partial charge in [0.2, 0.25) is 0 Å². The van der Waals surface area contributed by atoms with Crippen LogP contribution in [-0.4, -0.2) is 12.7 Å². The van der Waals surface area contributed by atoms with E-state index >= 15 is 0 Å². The third-order valence-corrected chi connectivity index (χ3v) is 3.17. The van der Waals surface area contributed by atoms with Gasteiger partial charge in [-0.3, -0.25) is 0 Å². The lowest BCUT2D eigenvalue weighted by Gasteiger charge is -2.16. The molecule has 1 N–H and O–H groups in total. The van der Waals surface area contributed by atoms with Crippen molar-refractivity contribution in [2.24, 2.45) is 5.92 Å². The van der Waals surface area contributed by atoms with Gasteiger partial charge in [-0.05, 0) is 24.6 Å². The van der Waals surface area contributed by atoms with E-state index in [2.05, 4.69) is 21.2 Å². The number of anilines is 1. The number of hydrogen-bond acceptors (Lipinski definition) is 2. The molecule has 1 rings (SSSR count). The Balaban J connectivity index is 2.74. The molecule has 0 fully saturated rings. The molecule has 0 saturated heterocycles. The van der Waals surface area contributed by atoms with Crippen molar-refractivity contribution in [3.8, 4) is 6.07 Å². The van der Waals surface area contributed by atoms with Crippen LogP contribution in [0.5, 0.6) is 0 Å². The smallest absolute Gasteiger partial charge is 0.383 e. The normalized spacial score (nSPS) is 12.9. The maximum absolute atomic E-state index is 12.3. The van der Waals surface area contributed by atoms with E-state index in [1.54, 1.807) is 25.1 Å². The average Bonchev–Trinajstić information content (AvgIpc) is 2.23. The zero-order valence-corrected chi connectivity index (χ0v) is 10.6. The first-order chi connectivity index (χ1) is 7.86. The highest BCUT2D eigenvalue weighted by Gasteiger charge is 2.39. The highest BCUT2D eigenvalue weighted by atomic mass is 79.9. The van der Waals surface area contributed by atoms with Crippen LogP contribution in [-0.2, 0) is 0 Å².